The van der Waals surface area contributed by atoms with Crippen molar-refractivity contribution < 1.29 is 13.6 Å². The number of hydrogen-bond donors (Lipinski definition) is 2. The van der Waals surface area contributed by atoms with E-state index in [0.29, 0.717) is 6.54 Å². The standard InChI is InChI=1S/C16H20N2.C11H24O3Si/c17-13-16(18,11-14-7-3-1-4-8-14)12-15-9-5-2-6-10-15;1-5-8-11(12-2)9-6-7-10-15(11,13-3)14-4/h1-10H,11-13,17-18H2;5-10H2,1-4H3. The van der Waals surface area contributed by atoms with Crippen LogP contribution in [-0.2, 0) is 26.4 Å². The molecular formula is C27H44N2O3Si. The molecule has 6 heteroatoms. The van der Waals surface area contributed by atoms with E-state index in [2.05, 4.69) is 31.2 Å². The summed E-state index contributed by atoms with van der Waals surface area (Å²) in [7, 11) is 3.22. The summed E-state index contributed by atoms with van der Waals surface area (Å²) < 4.78 is 17.4. The van der Waals surface area contributed by atoms with Gasteiger partial charge in [0.25, 0.3) is 0 Å². The van der Waals surface area contributed by atoms with Gasteiger partial charge in [0.05, 0.1) is 0 Å². The lowest BCUT2D eigenvalue weighted by molar-refractivity contribution is -0.0149. The Bertz CT molecular complexity index is 741. The first kappa shape index (κ1) is 27.7. The van der Waals surface area contributed by atoms with Gasteiger partial charge in [0.2, 0.25) is 0 Å². The zero-order valence-corrected chi connectivity index (χ0v) is 22.0. The summed E-state index contributed by atoms with van der Waals surface area (Å²) in [6.45, 7) is 2.68. The Morgan fingerprint density at radius 3 is 1.79 bits per heavy atom. The molecule has 1 fully saturated rings. The average molecular weight is 473 g/mol. The second kappa shape index (κ2) is 13.4. The van der Waals surface area contributed by atoms with Crippen LogP contribution in [0.15, 0.2) is 60.7 Å². The van der Waals surface area contributed by atoms with Gasteiger partial charge in [-0.25, -0.2) is 0 Å². The number of rotatable bonds is 10. The van der Waals surface area contributed by atoms with E-state index >= 15 is 0 Å². The molecular weight excluding hydrogens is 428 g/mol. The summed E-state index contributed by atoms with van der Waals surface area (Å²) in [4.78, 5) is 0. The maximum Gasteiger partial charge on any atom is 0.370 e. The minimum Gasteiger partial charge on any atom is -0.396 e. The lowest BCUT2D eigenvalue weighted by Crippen LogP contribution is -2.64. The fourth-order valence-electron chi connectivity index (χ4n) is 5.14. The lowest BCUT2D eigenvalue weighted by Gasteiger charge is -2.47. The Morgan fingerprint density at radius 1 is 0.879 bits per heavy atom. The third-order valence-electron chi connectivity index (χ3n) is 6.94. The highest BCUT2D eigenvalue weighted by Gasteiger charge is 2.58. The normalized spacial score (nSPS) is 20.1. The van der Waals surface area contributed by atoms with Crippen LogP contribution in [0.1, 0.15) is 50.2 Å². The summed E-state index contributed by atoms with van der Waals surface area (Å²) in [6.07, 6.45) is 7.31. The molecule has 1 aliphatic heterocycles. The second-order valence-corrected chi connectivity index (χ2v) is 12.9. The molecule has 4 N–H and O–H groups in total. The van der Waals surface area contributed by atoms with Crippen molar-refractivity contribution in [2.45, 2.75) is 68.7 Å². The van der Waals surface area contributed by atoms with Gasteiger partial charge in [0.1, 0.15) is 5.22 Å². The lowest BCUT2D eigenvalue weighted by atomic mass is 9.86. The Hall–Kier alpha value is -1.54. The van der Waals surface area contributed by atoms with Crippen molar-refractivity contribution in [1.82, 2.24) is 0 Å². The van der Waals surface area contributed by atoms with Gasteiger partial charge in [-0.05, 0) is 42.9 Å². The summed E-state index contributed by atoms with van der Waals surface area (Å²) >= 11 is 0. The molecule has 0 bridgehead atoms. The summed E-state index contributed by atoms with van der Waals surface area (Å²) in [5.41, 5.74) is 14.4. The van der Waals surface area contributed by atoms with Gasteiger partial charge in [-0.1, -0.05) is 86.8 Å². The molecule has 1 saturated heterocycles. The van der Waals surface area contributed by atoms with Crippen LogP contribution in [0.3, 0.4) is 0 Å². The Labute approximate surface area is 202 Å². The van der Waals surface area contributed by atoms with Crippen LogP contribution in [0, 0.1) is 0 Å². The topological polar surface area (TPSA) is 79.7 Å². The van der Waals surface area contributed by atoms with Crippen molar-refractivity contribution in [3.8, 4) is 0 Å². The smallest absolute Gasteiger partial charge is 0.370 e. The minimum absolute atomic E-state index is 0.122. The fourth-order valence-corrected chi connectivity index (χ4v) is 9.13. The van der Waals surface area contributed by atoms with Gasteiger partial charge in [-0.15, -0.1) is 0 Å². The van der Waals surface area contributed by atoms with Gasteiger partial charge < -0.3 is 25.1 Å². The Morgan fingerprint density at radius 2 is 1.39 bits per heavy atom. The maximum atomic E-state index is 6.44. The van der Waals surface area contributed by atoms with E-state index in [-0.39, 0.29) is 10.8 Å². The average Bonchev–Trinajstić information content (AvgIpc) is 2.86. The van der Waals surface area contributed by atoms with E-state index in [1.165, 1.54) is 24.0 Å². The van der Waals surface area contributed by atoms with Crippen molar-refractivity contribution in [2.75, 3.05) is 27.9 Å². The van der Waals surface area contributed by atoms with Crippen LogP contribution in [0.4, 0.5) is 0 Å². The molecule has 0 aromatic heterocycles. The molecule has 0 amide bonds. The summed E-state index contributed by atoms with van der Waals surface area (Å²) in [6, 6.07) is 21.6. The Balaban J connectivity index is 0.000000238. The molecule has 1 heterocycles. The van der Waals surface area contributed by atoms with E-state index in [1.807, 2.05) is 36.4 Å². The van der Waals surface area contributed by atoms with Gasteiger partial charge in [-0.2, -0.15) is 0 Å². The molecule has 0 aliphatic carbocycles. The number of nitrogens with two attached hydrogens (primary N) is 2. The number of hydrogen-bond acceptors (Lipinski definition) is 5. The molecule has 0 spiro atoms. The number of ether oxygens (including phenoxy) is 1. The SMILES string of the molecule is CCCC1(OC)CCCC[Si]1(OC)OC.NCC(N)(Cc1ccccc1)Cc1ccccc1. The Kier molecular flexibility index (Phi) is 11.2. The van der Waals surface area contributed by atoms with E-state index in [0.717, 1.165) is 38.1 Å². The predicted octanol–water partition coefficient (Wildman–Crippen LogP) is 4.76. The zero-order chi connectivity index (χ0) is 24.2. The monoisotopic (exact) mass is 472 g/mol. The predicted molar refractivity (Wildman–Crippen MR) is 139 cm³/mol. The molecule has 0 saturated carbocycles. The van der Waals surface area contributed by atoms with Crippen molar-refractivity contribution in [3.63, 3.8) is 0 Å². The van der Waals surface area contributed by atoms with Gasteiger partial charge in [0.15, 0.2) is 0 Å². The van der Waals surface area contributed by atoms with Crippen LogP contribution in [0.5, 0.6) is 0 Å². The first-order valence-corrected chi connectivity index (χ1v) is 14.2. The first-order valence-electron chi connectivity index (χ1n) is 12.1. The fraction of sp³-hybridized carbons (Fsp3) is 0.556. The molecule has 3 rings (SSSR count). The van der Waals surface area contributed by atoms with E-state index in [4.69, 9.17) is 25.1 Å². The third kappa shape index (κ3) is 7.22. The highest BCUT2D eigenvalue weighted by atomic mass is 28.4. The maximum absolute atomic E-state index is 6.44. The van der Waals surface area contributed by atoms with Gasteiger partial charge in [0, 0.05) is 33.4 Å². The van der Waals surface area contributed by atoms with E-state index < -0.39 is 8.56 Å². The summed E-state index contributed by atoms with van der Waals surface area (Å²) in [5.74, 6) is 0. The van der Waals surface area contributed by atoms with Crippen molar-refractivity contribution in [3.05, 3.63) is 71.8 Å². The van der Waals surface area contributed by atoms with Crippen molar-refractivity contribution in [1.29, 1.82) is 0 Å². The van der Waals surface area contributed by atoms with Crippen molar-refractivity contribution in [2.24, 2.45) is 11.5 Å². The van der Waals surface area contributed by atoms with Gasteiger partial charge >= 0.3 is 8.56 Å². The highest BCUT2D eigenvalue weighted by molar-refractivity contribution is 6.70. The van der Waals surface area contributed by atoms with Crippen LogP contribution >= 0.6 is 0 Å². The summed E-state index contributed by atoms with van der Waals surface area (Å²) in [5, 5.41) is -0.122. The van der Waals surface area contributed by atoms with Crippen LogP contribution in [-0.4, -0.2) is 47.2 Å². The van der Waals surface area contributed by atoms with Crippen molar-refractivity contribution >= 4 is 8.56 Å². The number of benzene rings is 2. The largest absolute Gasteiger partial charge is 0.396 e. The van der Waals surface area contributed by atoms with Crippen LogP contribution < -0.4 is 11.5 Å². The minimum atomic E-state index is -2.15. The molecule has 184 valence electrons. The molecule has 1 atom stereocenters. The number of methoxy groups -OCH3 is 1. The highest BCUT2D eigenvalue weighted by Crippen LogP contribution is 2.42. The third-order valence-corrected chi connectivity index (χ3v) is 11.4. The second-order valence-electron chi connectivity index (χ2n) is 9.21. The molecule has 1 unspecified atom stereocenters. The molecule has 33 heavy (non-hydrogen) atoms. The molecule has 2 aromatic carbocycles. The van der Waals surface area contributed by atoms with Crippen LogP contribution in [0.25, 0.3) is 0 Å². The first-order chi connectivity index (χ1) is 15.9. The molecule has 0 radical (unpaired) electrons. The van der Waals surface area contributed by atoms with E-state index in [1.54, 1.807) is 21.3 Å². The van der Waals surface area contributed by atoms with Crippen LogP contribution in [0.2, 0.25) is 6.04 Å². The molecule has 2 aromatic rings. The van der Waals surface area contributed by atoms with Gasteiger partial charge in [-0.3, -0.25) is 0 Å². The zero-order valence-electron chi connectivity index (χ0n) is 21.0. The molecule has 1 aliphatic rings. The molecule has 5 nitrogen and oxygen atoms in total. The quantitative estimate of drug-likeness (QED) is 0.488. The van der Waals surface area contributed by atoms with E-state index in [9.17, 15) is 0 Å².